The van der Waals surface area contributed by atoms with Gasteiger partial charge in [-0.2, -0.15) is 0 Å². The van der Waals surface area contributed by atoms with Crippen LogP contribution in [0.2, 0.25) is 5.02 Å². The highest BCUT2D eigenvalue weighted by Gasteiger charge is 2.32. The maximum Gasteiger partial charge on any atom is 0.123 e. The molecule has 0 aliphatic carbocycles. The molecule has 3 aromatic rings. The maximum absolute atomic E-state index is 10.6. The molecular weight excluding hydrogens is 408 g/mol. The number of halogens is 1. The number of phenols is 1. The Morgan fingerprint density at radius 3 is 2.35 bits per heavy atom. The predicted molar refractivity (Wildman–Crippen MR) is 126 cm³/mol. The molecule has 31 heavy (non-hydrogen) atoms. The van der Waals surface area contributed by atoms with Gasteiger partial charge in [-0.15, -0.1) is 0 Å². The van der Waals surface area contributed by atoms with E-state index >= 15 is 0 Å². The number of benzene rings is 3. The first-order valence-electron chi connectivity index (χ1n) is 10.6. The molecule has 0 spiro atoms. The molecule has 4 rings (SSSR count). The lowest BCUT2D eigenvalue weighted by Gasteiger charge is -2.15. The fourth-order valence-electron chi connectivity index (χ4n) is 3.98. The fraction of sp³-hybridized carbons (Fsp3) is 0.259. The molecule has 1 aliphatic heterocycles. The lowest BCUT2D eigenvalue weighted by molar-refractivity contribution is 0.211. The van der Waals surface area contributed by atoms with Crippen molar-refractivity contribution in [3.05, 3.63) is 100 Å². The standard InChI is InChI=1S/C27H27ClO3/c1-18-24-17-25(29)21(6-4-3-5-19-7-11-22(28)12-8-19)16-27(24)31-26(18)15-20-9-13-23(30-2)14-10-20/h3-4,7-14,16-18,26,29H,5-6,15H2,1-2H3. The van der Waals surface area contributed by atoms with Crippen LogP contribution in [-0.2, 0) is 19.3 Å². The van der Waals surface area contributed by atoms with Crippen LogP contribution in [0.1, 0.15) is 35.1 Å². The van der Waals surface area contributed by atoms with E-state index in [2.05, 4.69) is 31.2 Å². The van der Waals surface area contributed by atoms with Crippen LogP contribution < -0.4 is 9.47 Å². The molecule has 160 valence electrons. The molecule has 0 saturated carbocycles. The van der Waals surface area contributed by atoms with Crippen molar-refractivity contribution in [2.75, 3.05) is 7.11 Å². The minimum atomic E-state index is 0.0542. The number of ether oxygens (including phenoxy) is 2. The van der Waals surface area contributed by atoms with Crippen molar-refractivity contribution in [1.82, 2.24) is 0 Å². The minimum absolute atomic E-state index is 0.0542. The minimum Gasteiger partial charge on any atom is -0.508 e. The van der Waals surface area contributed by atoms with E-state index in [1.165, 1.54) is 11.1 Å². The zero-order valence-corrected chi connectivity index (χ0v) is 18.6. The van der Waals surface area contributed by atoms with Gasteiger partial charge in [0, 0.05) is 28.5 Å². The maximum atomic E-state index is 10.6. The fourth-order valence-corrected chi connectivity index (χ4v) is 4.10. The van der Waals surface area contributed by atoms with Crippen LogP contribution in [0.4, 0.5) is 0 Å². The smallest absolute Gasteiger partial charge is 0.123 e. The van der Waals surface area contributed by atoms with Gasteiger partial charge in [0.05, 0.1) is 7.11 Å². The molecule has 3 nitrogen and oxygen atoms in total. The first kappa shape index (κ1) is 21.3. The Bertz CT molecular complexity index is 1060. The SMILES string of the molecule is COc1ccc(CC2Oc3cc(CC=CCc4ccc(Cl)cc4)c(O)cc3C2C)cc1. The van der Waals surface area contributed by atoms with Crippen LogP contribution in [0.25, 0.3) is 0 Å². The number of rotatable bonds is 7. The Morgan fingerprint density at radius 2 is 1.65 bits per heavy atom. The van der Waals surface area contributed by atoms with Crippen LogP contribution in [0.5, 0.6) is 17.2 Å². The van der Waals surface area contributed by atoms with Crippen molar-refractivity contribution in [3.8, 4) is 17.2 Å². The van der Waals surface area contributed by atoms with E-state index in [1.807, 2.05) is 48.5 Å². The molecule has 1 aliphatic rings. The second-order valence-corrected chi connectivity index (χ2v) is 8.46. The average molecular weight is 435 g/mol. The Morgan fingerprint density at radius 1 is 0.968 bits per heavy atom. The average Bonchev–Trinajstić information content (AvgIpc) is 3.07. The van der Waals surface area contributed by atoms with E-state index in [0.29, 0.717) is 12.2 Å². The van der Waals surface area contributed by atoms with E-state index in [9.17, 15) is 5.11 Å². The van der Waals surface area contributed by atoms with Crippen LogP contribution in [-0.4, -0.2) is 18.3 Å². The Hall–Kier alpha value is -2.91. The van der Waals surface area contributed by atoms with Crippen LogP contribution in [0, 0.1) is 0 Å². The van der Waals surface area contributed by atoms with E-state index in [-0.39, 0.29) is 12.0 Å². The predicted octanol–water partition coefficient (Wildman–Crippen LogP) is 6.50. The van der Waals surface area contributed by atoms with Gasteiger partial charge in [-0.25, -0.2) is 0 Å². The summed E-state index contributed by atoms with van der Waals surface area (Å²) in [5, 5.41) is 11.3. The van der Waals surface area contributed by atoms with Gasteiger partial charge in [0.2, 0.25) is 0 Å². The molecule has 2 atom stereocenters. The highest BCUT2D eigenvalue weighted by Crippen LogP contribution is 2.42. The molecule has 1 heterocycles. The Labute approximate surface area is 188 Å². The molecule has 0 fully saturated rings. The van der Waals surface area contributed by atoms with Gasteiger partial charge in [-0.1, -0.05) is 54.9 Å². The van der Waals surface area contributed by atoms with Gasteiger partial charge >= 0.3 is 0 Å². The third-order valence-electron chi connectivity index (χ3n) is 5.90. The van der Waals surface area contributed by atoms with E-state index in [4.69, 9.17) is 21.1 Å². The third-order valence-corrected chi connectivity index (χ3v) is 6.16. The summed E-state index contributed by atoms with van der Waals surface area (Å²) >= 11 is 5.93. The molecular formula is C27H27ClO3. The zero-order valence-electron chi connectivity index (χ0n) is 17.8. The van der Waals surface area contributed by atoms with Crippen molar-refractivity contribution < 1.29 is 14.6 Å². The number of allylic oxidation sites excluding steroid dienone is 2. The van der Waals surface area contributed by atoms with Crippen molar-refractivity contribution in [2.24, 2.45) is 0 Å². The zero-order chi connectivity index (χ0) is 21.8. The second-order valence-electron chi connectivity index (χ2n) is 8.02. The molecule has 1 N–H and O–H groups in total. The number of hydrogen-bond donors (Lipinski definition) is 1. The van der Waals surface area contributed by atoms with Gasteiger partial charge < -0.3 is 14.6 Å². The number of methoxy groups -OCH3 is 1. The van der Waals surface area contributed by atoms with Gasteiger partial charge in [0.25, 0.3) is 0 Å². The molecule has 0 amide bonds. The first-order valence-corrected chi connectivity index (χ1v) is 11.0. The number of fused-ring (bicyclic) bond motifs is 1. The lowest BCUT2D eigenvalue weighted by Crippen LogP contribution is -2.19. The van der Waals surface area contributed by atoms with E-state index < -0.39 is 0 Å². The molecule has 0 bridgehead atoms. The number of hydrogen-bond acceptors (Lipinski definition) is 3. The van der Waals surface area contributed by atoms with Crippen LogP contribution in [0.15, 0.2) is 72.8 Å². The molecule has 3 aromatic carbocycles. The summed E-state index contributed by atoms with van der Waals surface area (Å²) in [5.74, 6) is 2.28. The van der Waals surface area contributed by atoms with Gasteiger partial charge in [-0.05, 0) is 60.4 Å². The molecule has 4 heteroatoms. The molecule has 0 radical (unpaired) electrons. The Kier molecular flexibility index (Phi) is 6.53. The summed E-state index contributed by atoms with van der Waals surface area (Å²) in [6, 6.07) is 19.8. The number of aromatic hydroxyl groups is 1. The quantitative estimate of drug-likeness (QED) is 0.431. The summed E-state index contributed by atoms with van der Waals surface area (Å²) < 4.78 is 11.5. The highest BCUT2D eigenvalue weighted by atomic mass is 35.5. The highest BCUT2D eigenvalue weighted by molar-refractivity contribution is 6.30. The van der Waals surface area contributed by atoms with Crippen molar-refractivity contribution in [3.63, 3.8) is 0 Å². The third kappa shape index (κ3) is 5.05. The topological polar surface area (TPSA) is 38.7 Å². The lowest BCUT2D eigenvalue weighted by atomic mass is 9.92. The van der Waals surface area contributed by atoms with Crippen molar-refractivity contribution in [1.29, 1.82) is 0 Å². The normalized spacial score (nSPS) is 17.5. The largest absolute Gasteiger partial charge is 0.508 e. The molecule has 2 unspecified atom stereocenters. The van der Waals surface area contributed by atoms with Gasteiger partial charge in [-0.3, -0.25) is 0 Å². The van der Waals surface area contributed by atoms with Gasteiger partial charge in [0.15, 0.2) is 0 Å². The summed E-state index contributed by atoms with van der Waals surface area (Å²) in [6.45, 7) is 2.16. The second kappa shape index (κ2) is 9.49. The summed E-state index contributed by atoms with van der Waals surface area (Å²) in [5.41, 5.74) is 4.37. The van der Waals surface area contributed by atoms with E-state index in [1.54, 1.807) is 7.11 Å². The first-order chi connectivity index (χ1) is 15.0. The van der Waals surface area contributed by atoms with Crippen LogP contribution >= 0.6 is 11.6 Å². The van der Waals surface area contributed by atoms with Crippen molar-refractivity contribution in [2.45, 2.75) is 38.2 Å². The van der Waals surface area contributed by atoms with Crippen molar-refractivity contribution >= 4 is 11.6 Å². The number of phenolic OH excluding ortho intramolecular Hbond substituents is 1. The van der Waals surface area contributed by atoms with E-state index in [0.717, 1.165) is 40.5 Å². The molecule has 0 aromatic heterocycles. The molecule has 0 saturated heterocycles. The monoisotopic (exact) mass is 434 g/mol. The summed E-state index contributed by atoms with van der Waals surface area (Å²) in [6.07, 6.45) is 6.57. The van der Waals surface area contributed by atoms with Gasteiger partial charge in [0.1, 0.15) is 23.4 Å². The summed E-state index contributed by atoms with van der Waals surface area (Å²) in [7, 11) is 1.67. The summed E-state index contributed by atoms with van der Waals surface area (Å²) in [4.78, 5) is 0. The Balaban J connectivity index is 1.40. The van der Waals surface area contributed by atoms with Crippen LogP contribution in [0.3, 0.4) is 0 Å².